The first-order chi connectivity index (χ1) is 10.1. The van der Waals surface area contributed by atoms with Gasteiger partial charge in [-0.25, -0.2) is 4.79 Å². The number of ether oxygens (including phenoxy) is 1. The number of benzene rings is 2. The summed E-state index contributed by atoms with van der Waals surface area (Å²) < 4.78 is 5.80. The van der Waals surface area contributed by atoms with Crippen molar-refractivity contribution in [3.63, 3.8) is 0 Å². The molecule has 0 unspecified atom stereocenters. The molecule has 0 radical (unpaired) electrons. The zero-order chi connectivity index (χ0) is 15.2. The third kappa shape index (κ3) is 4.16. The molecule has 0 aliphatic heterocycles. The summed E-state index contributed by atoms with van der Waals surface area (Å²) in [6, 6.07) is 15.9. The third-order valence-corrected chi connectivity index (χ3v) is 3.48. The van der Waals surface area contributed by atoms with Gasteiger partial charge in [-0.15, -0.1) is 0 Å². The second-order valence-electron chi connectivity index (χ2n) is 4.38. The molecule has 2 aromatic carbocycles. The maximum atomic E-state index is 12.0. The smallest absolute Gasteiger partial charge is 0.340 e. The lowest BCUT2D eigenvalue weighted by Gasteiger charge is -2.14. The fourth-order valence-corrected chi connectivity index (χ4v) is 2.12. The fraction of sp³-hybridized carbons (Fsp3) is 0.125. The number of hydrogen-bond acceptors (Lipinski definition) is 3. The van der Waals surface area contributed by atoms with Gasteiger partial charge in [0, 0.05) is 10.2 Å². The molecule has 2 rings (SSSR count). The summed E-state index contributed by atoms with van der Waals surface area (Å²) in [7, 11) is 0. The minimum absolute atomic E-state index is 0.374. The Kier molecular flexibility index (Phi) is 5.11. The highest BCUT2D eigenvalue weighted by atomic mass is 79.9. The molecule has 5 heteroatoms. The van der Waals surface area contributed by atoms with E-state index in [1.807, 2.05) is 18.2 Å². The van der Waals surface area contributed by atoms with Crippen molar-refractivity contribution in [2.75, 3.05) is 5.32 Å². The van der Waals surface area contributed by atoms with Gasteiger partial charge in [-0.3, -0.25) is 4.79 Å². The molecule has 2 aromatic rings. The predicted octanol–water partition coefficient (Wildman–Crippen LogP) is 3.63. The maximum Gasteiger partial charge on any atom is 0.340 e. The number of carbonyl (C=O) groups is 2. The van der Waals surface area contributed by atoms with E-state index in [0.717, 1.165) is 0 Å². The van der Waals surface area contributed by atoms with Crippen LogP contribution in [-0.2, 0) is 9.53 Å². The van der Waals surface area contributed by atoms with Gasteiger partial charge in [0.15, 0.2) is 6.10 Å². The van der Waals surface area contributed by atoms with Gasteiger partial charge in [-0.05, 0) is 47.1 Å². The Hall–Kier alpha value is -2.14. The lowest BCUT2D eigenvalue weighted by Crippen LogP contribution is -2.30. The molecule has 0 saturated heterocycles. The molecular formula is C16H14BrNO3. The number of halogens is 1. The number of hydrogen-bond donors (Lipinski definition) is 1. The van der Waals surface area contributed by atoms with Gasteiger partial charge in [0.1, 0.15) is 0 Å². The van der Waals surface area contributed by atoms with Crippen LogP contribution in [0.1, 0.15) is 17.3 Å². The quantitative estimate of drug-likeness (QED) is 0.859. The molecule has 1 amide bonds. The Balaban J connectivity index is 1.98. The molecule has 0 aliphatic rings. The Morgan fingerprint density at radius 1 is 1.05 bits per heavy atom. The molecule has 0 aromatic heterocycles. The zero-order valence-electron chi connectivity index (χ0n) is 11.4. The summed E-state index contributed by atoms with van der Waals surface area (Å²) in [5.41, 5.74) is 1.04. The lowest BCUT2D eigenvalue weighted by atomic mass is 10.2. The molecule has 0 saturated carbocycles. The van der Waals surface area contributed by atoms with E-state index < -0.39 is 12.1 Å². The van der Waals surface area contributed by atoms with E-state index >= 15 is 0 Å². The summed E-state index contributed by atoms with van der Waals surface area (Å²) in [4.78, 5) is 24.0. The summed E-state index contributed by atoms with van der Waals surface area (Å²) >= 11 is 3.28. The molecule has 0 aliphatic carbocycles. The van der Waals surface area contributed by atoms with E-state index in [2.05, 4.69) is 21.2 Å². The van der Waals surface area contributed by atoms with Gasteiger partial charge < -0.3 is 10.1 Å². The van der Waals surface area contributed by atoms with Crippen LogP contribution in [0.2, 0.25) is 0 Å². The van der Waals surface area contributed by atoms with Crippen LogP contribution in [0.4, 0.5) is 5.69 Å². The van der Waals surface area contributed by atoms with Gasteiger partial charge in [-0.2, -0.15) is 0 Å². The van der Waals surface area contributed by atoms with E-state index in [-0.39, 0.29) is 5.91 Å². The van der Waals surface area contributed by atoms with Gasteiger partial charge in [0.25, 0.3) is 5.91 Å². The Bertz CT molecular complexity index is 643. The highest BCUT2D eigenvalue weighted by Gasteiger charge is 2.20. The average molecular weight is 348 g/mol. The number of rotatable bonds is 4. The fourth-order valence-electron chi connectivity index (χ4n) is 1.67. The van der Waals surface area contributed by atoms with Crippen molar-refractivity contribution < 1.29 is 14.3 Å². The second kappa shape index (κ2) is 7.04. The van der Waals surface area contributed by atoms with Gasteiger partial charge in [-0.1, -0.05) is 30.3 Å². The average Bonchev–Trinajstić information content (AvgIpc) is 2.48. The van der Waals surface area contributed by atoms with Crippen molar-refractivity contribution in [2.24, 2.45) is 0 Å². The number of amides is 1. The van der Waals surface area contributed by atoms with Crippen LogP contribution < -0.4 is 5.32 Å². The van der Waals surface area contributed by atoms with E-state index in [4.69, 9.17) is 4.74 Å². The molecule has 0 heterocycles. The van der Waals surface area contributed by atoms with Crippen molar-refractivity contribution in [1.29, 1.82) is 0 Å². The summed E-state index contributed by atoms with van der Waals surface area (Å²) in [6.45, 7) is 1.53. The van der Waals surface area contributed by atoms with Crippen molar-refractivity contribution in [3.05, 3.63) is 64.6 Å². The van der Waals surface area contributed by atoms with Crippen LogP contribution in [0.3, 0.4) is 0 Å². The Morgan fingerprint density at radius 2 is 1.67 bits per heavy atom. The number of carbonyl (C=O) groups excluding carboxylic acids is 2. The van der Waals surface area contributed by atoms with Crippen LogP contribution in [-0.4, -0.2) is 18.0 Å². The van der Waals surface area contributed by atoms with E-state index in [0.29, 0.717) is 15.7 Å². The highest BCUT2D eigenvalue weighted by molar-refractivity contribution is 9.10. The van der Waals surface area contributed by atoms with Crippen LogP contribution >= 0.6 is 15.9 Å². The lowest BCUT2D eigenvalue weighted by molar-refractivity contribution is -0.123. The van der Waals surface area contributed by atoms with Crippen molar-refractivity contribution in [2.45, 2.75) is 13.0 Å². The molecule has 0 bridgehead atoms. The SMILES string of the molecule is C[C@@H](OC(=O)c1ccccc1Br)C(=O)Nc1ccccc1. The van der Waals surface area contributed by atoms with Crippen molar-refractivity contribution in [1.82, 2.24) is 0 Å². The van der Waals surface area contributed by atoms with E-state index in [9.17, 15) is 9.59 Å². The summed E-state index contributed by atoms with van der Waals surface area (Å²) in [5.74, 6) is -0.917. The van der Waals surface area contributed by atoms with Crippen LogP contribution in [0.5, 0.6) is 0 Å². The first-order valence-corrected chi connectivity index (χ1v) is 7.18. The van der Waals surface area contributed by atoms with Crippen LogP contribution in [0, 0.1) is 0 Å². The number of para-hydroxylation sites is 1. The van der Waals surface area contributed by atoms with Crippen molar-refractivity contribution >= 4 is 33.5 Å². The number of anilines is 1. The zero-order valence-corrected chi connectivity index (χ0v) is 13.0. The predicted molar refractivity (Wildman–Crippen MR) is 84.1 cm³/mol. The molecular weight excluding hydrogens is 334 g/mol. The van der Waals surface area contributed by atoms with Gasteiger partial charge in [0.2, 0.25) is 0 Å². The normalized spacial score (nSPS) is 11.5. The van der Waals surface area contributed by atoms with Gasteiger partial charge >= 0.3 is 5.97 Å². The maximum absolute atomic E-state index is 12.0. The topological polar surface area (TPSA) is 55.4 Å². The summed E-state index contributed by atoms with van der Waals surface area (Å²) in [6.07, 6.45) is -0.884. The molecule has 21 heavy (non-hydrogen) atoms. The monoisotopic (exact) mass is 347 g/mol. The van der Waals surface area contributed by atoms with Gasteiger partial charge in [0.05, 0.1) is 5.56 Å². The molecule has 1 N–H and O–H groups in total. The Labute approximate surface area is 131 Å². The largest absolute Gasteiger partial charge is 0.449 e. The number of nitrogens with one attached hydrogen (secondary N) is 1. The minimum atomic E-state index is -0.884. The molecule has 0 fully saturated rings. The van der Waals surface area contributed by atoms with E-state index in [1.165, 1.54) is 6.92 Å². The van der Waals surface area contributed by atoms with Crippen LogP contribution in [0.25, 0.3) is 0 Å². The van der Waals surface area contributed by atoms with E-state index in [1.54, 1.807) is 36.4 Å². The van der Waals surface area contributed by atoms with Crippen LogP contribution in [0.15, 0.2) is 59.1 Å². The third-order valence-electron chi connectivity index (χ3n) is 2.79. The Morgan fingerprint density at radius 3 is 2.33 bits per heavy atom. The second-order valence-corrected chi connectivity index (χ2v) is 5.24. The first kappa shape index (κ1) is 15.3. The van der Waals surface area contributed by atoms with Crippen molar-refractivity contribution in [3.8, 4) is 0 Å². The highest BCUT2D eigenvalue weighted by Crippen LogP contribution is 2.17. The molecule has 0 spiro atoms. The number of esters is 1. The first-order valence-electron chi connectivity index (χ1n) is 6.39. The minimum Gasteiger partial charge on any atom is -0.449 e. The molecule has 108 valence electrons. The molecule has 4 nitrogen and oxygen atoms in total. The standard InChI is InChI=1S/C16H14BrNO3/c1-11(15(19)18-12-7-3-2-4-8-12)21-16(20)13-9-5-6-10-14(13)17/h2-11H,1H3,(H,18,19)/t11-/m1/s1. The molecule has 1 atom stereocenters. The summed E-state index contributed by atoms with van der Waals surface area (Å²) in [5, 5.41) is 2.69.